The lowest BCUT2D eigenvalue weighted by atomic mass is 10.2. The van der Waals surface area contributed by atoms with Crippen LogP contribution in [0.3, 0.4) is 0 Å². The van der Waals surface area contributed by atoms with E-state index in [9.17, 15) is 21.6 Å². The van der Waals surface area contributed by atoms with E-state index in [4.69, 9.17) is 9.88 Å². The highest BCUT2D eigenvalue weighted by Crippen LogP contribution is 2.27. The Morgan fingerprint density at radius 3 is 2.15 bits per heavy atom. The fraction of sp³-hybridized carbons (Fsp3) is 0.188. The van der Waals surface area contributed by atoms with Crippen LogP contribution in [0.2, 0.25) is 0 Å². The third kappa shape index (κ3) is 5.50. The molecule has 0 spiro atoms. The number of anilines is 1. The maximum Gasteiger partial charge on any atom is 0.240 e. The number of nitrogens with two attached hydrogens (primary N) is 1. The predicted molar refractivity (Wildman–Crippen MR) is 99.1 cm³/mol. The zero-order chi connectivity index (χ0) is 20.2. The summed E-state index contributed by atoms with van der Waals surface area (Å²) in [4.78, 5) is 11.1. The molecule has 146 valence electrons. The van der Waals surface area contributed by atoms with E-state index in [0.717, 1.165) is 0 Å². The number of methoxy groups -OCH3 is 1. The lowest BCUT2D eigenvalue weighted by molar-refractivity contribution is -0.114. The highest BCUT2D eigenvalue weighted by atomic mass is 32.2. The van der Waals surface area contributed by atoms with Gasteiger partial charge in [0.25, 0.3) is 0 Å². The molecule has 0 aliphatic heterocycles. The zero-order valence-electron chi connectivity index (χ0n) is 14.6. The summed E-state index contributed by atoms with van der Waals surface area (Å²) in [5, 5.41) is 7.52. The summed E-state index contributed by atoms with van der Waals surface area (Å²) < 4.78 is 54.9. The van der Waals surface area contributed by atoms with Gasteiger partial charge in [0.2, 0.25) is 26.0 Å². The quantitative estimate of drug-likeness (QED) is 0.612. The molecule has 0 saturated heterocycles. The Balaban J connectivity index is 2.20. The number of sulfonamides is 2. The van der Waals surface area contributed by atoms with Gasteiger partial charge in [-0.2, -0.15) is 0 Å². The van der Waals surface area contributed by atoms with Crippen molar-refractivity contribution >= 4 is 31.6 Å². The number of ether oxygens (including phenoxy) is 1. The van der Waals surface area contributed by atoms with Gasteiger partial charge in [0.1, 0.15) is 5.75 Å². The number of amides is 1. The van der Waals surface area contributed by atoms with Crippen molar-refractivity contribution in [2.75, 3.05) is 12.4 Å². The zero-order valence-corrected chi connectivity index (χ0v) is 16.2. The van der Waals surface area contributed by atoms with E-state index in [-0.39, 0.29) is 27.9 Å². The van der Waals surface area contributed by atoms with Crippen molar-refractivity contribution < 1.29 is 26.4 Å². The van der Waals surface area contributed by atoms with E-state index in [1.165, 1.54) is 56.5 Å². The van der Waals surface area contributed by atoms with Crippen LogP contribution < -0.4 is 19.9 Å². The molecule has 27 heavy (non-hydrogen) atoms. The molecule has 1 amide bonds. The molecule has 0 saturated carbocycles. The number of nitrogens with one attached hydrogen (secondary N) is 2. The first-order valence-electron chi connectivity index (χ1n) is 7.60. The molecular weight excluding hydrogens is 394 g/mol. The first kappa shape index (κ1) is 20.8. The lowest BCUT2D eigenvalue weighted by Gasteiger charge is -2.12. The van der Waals surface area contributed by atoms with E-state index in [2.05, 4.69) is 10.0 Å². The van der Waals surface area contributed by atoms with Crippen LogP contribution in [0, 0.1) is 0 Å². The van der Waals surface area contributed by atoms with Gasteiger partial charge in [0.05, 0.1) is 22.6 Å². The van der Waals surface area contributed by atoms with Crippen LogP contribution in [-0.4, -0.2) is 29.9 Å². The van der Waals surface area contributed by atoms with Crippen LogP contribution in [0.15, 0.2) is 52.3 Å². The molecule has 0 heterocycles. The predicted octanol–water partition coefficient (Wildman–Crippen LogP) is 0.780. The molecule has 0 aliphatic rings. The molecule has 0 aliphatic carbocycles. The van der Waals surface area contributed by atoms with Crippen molar-refractivity contribution in [1.82, 2.24) is 4.72 Å². The normalized spacial score (nSPS) is 11.8. The van der Waals surface area contributed by atoms with Gasteiger partial charge in [-0.1, -0.05) is 12.1 Å². The summed E-state index contributed by atoms with van der Waals surface area (Å²) >= 11 is 0. The van der Waals surface area contributed by atoms with Crippen molar-refractivity contribution in [1.29, 1.82) is 0 Å². The first-order valence-corrected chi connectivity index (χ1v) is 10.6. The van der Waals surface area contributed by atoms with E-state index in [0.29, 0.717) is 11.3 Å². The molecule has 0 atom stereocenters. The fourth-order valence-corrected chi connectivity index (χ4v) is 3.76. The van der Waals surface area contributed by atoms with Crippen LogP contribution >= 0.6 is 0 Å². The number of hydrogen-bond acceptors (Lipinski definition) is 6. The SMILES string of the molecule is COc1ccc(S(=O)(=O)NCc2ccc(S(N)(=O)=O)cc2)cc1NC(C)=O. The molecule has 9 nitrogen and oxygen atoms in total. The van der Waals surface area contributed by atoms with Crippen molar-refractivity contribution in [2.45, 2.75) is 23.3 Å². The number of carbonyl (C=O) groups excluding carboxylic acids is 1. The molecule has 2 aromatic carbocycles. The van der Waals surface area contributed by atoms with Crippen LogP contribution in [0.25, 0.3) is 0 Å². The highest BCUT2D eigenvalue weighted by Gasteiger charge is 2.17. The summed E-state index contributed by atoms with van der Waals surface area (Å²) in [6.07, 6.45) is 0. The van der Waals surface area contributed by atoms with Gasteiger partial charge >= 0.3 is 0 Å². The maximum absolute atomic E-state index is 12.5. The Bertz CT molecular complexity index is 1050. The van der Waals surface area contributed by atoms with Crippen molar-refractivity contribution in [3.63, 3.8) is 0 Å². The van der Waals surface area contributed by atoms with Gasteiger partial charge in [-0.3, -0.25) is 4.79 Å². The molecule has 4 N–H and O–H groups in total. The fourth-order valence-electron chi connectivity index (χ4n) is 2.20. The summed E-state index contributed by atoms with van der Waals surface area (Å²) in [6.45, 7) is 1.23. The van der Waals surface area contributed by atoms with Crippen molar-refractivity contribution in [2.24, 2.45) is 5.14 Å². The Labute approximate surface area is 157 Å². The van der Waals surface area contributed by atoms with E-state index in [1.54, 1.807) is 0 Å². The summed E-state index contributed by atoms with van der Waals surface area (Å²) in [5.41, 5.74) is 0.770. The third-order valence-electron chi connectivity index (χ3n) is 3.51. The molecule has 11 heteroatoms. The lowest BCUT2D eigenvalue weighted by Crippen LogP contribution is -2.23. The molecule has 0 aromatic heterocycles. The number of primary sulfonamides is 1. The van der Waals surface area contributed by atoms with Gasteiger partial charge < -0.3 is 10.1 Å². The minimum Gasteiger partial charge on any atom is -0.495 e. The Kier molecular flexibility index (Phi) is 6.21. The van der Waals surface area contributed by atoms with Gasteiger partial charge in [0.15, 0.2) is 0 Å². The van der Waals surface area contributed by atoms with Crippen molar-refractivity contribution in [3.05, 3.63) is 48.0 Å². The molecule has 0 fully saturated rings. The minimum absolute atomic E-state index is 0.0608. The highest BCUT2D eigenvalue weighted by molar-refractivity contribution is 7.89. The number of hydrogen-bond donors (Lipinski definition) is 3. The molecule has 2 aromatic rings. The molecular formula is C16H19N3O6S2. The molecule has 2 rings (SSSR count). The van der Waals surface area contributed by atoms with Gasteiger partial charge in [0, 0.05) is 13.5 Å². The van der Waals surface area contributed by atoms with Crippen LogP contribution in [-0.2, 0) is 31.4 Å². The van der Waals surface area contributed by atoms with Gasteiger partial charge in [-0.25, -0.2) is 26.7 Å². The Hall–Kier alpha value is -2.47. The summed E-state index contributed by atoms with van der Waals surface area (Å²) in [5.74, 6) is -0.0477. The van der Waals surface area contributed by atoms with E-state index < -0.39 is 20.0 Å². The van der Waals surface area contributed by atoms with Crippen molar-refractivity contribution in [3.8, 4) is 5.75 Å². The number of carbonyl (C=O) groups is 1. The summed E-state index contributed by atoms with van der Waals surface area (Å²) in [7, 11) is -6.29. The van der Waals surface area contributed by atoms with Crippen LogP contribution in [0.5, 0.6) is 5.75 Å². The van der Waals surface area contributed by atoms with E-state index >= 15 is 0 Å². The van der Waals surface area contributed by atoms with E-state index in [1.807, 2.05) is 0 Å². The topological polar surface area (TPSA) is 145 Å². The Morgan fingerprint density at radius 1 is 1.04 bits per heavy atom. The second kappa shape index (κ2) is 8.05. The largest absolute Gasteiger partial charge is 0.495 e. The monoisotopic (exact) mass is 413 g/mol. The average molecular weight is 413 g/mol. The minimum atomic E-state index is -3.88. The smallest absolute Gasteiger partial charge is 0.240 e. The average Bonchev–Trinajstić information content (AvgIpc) is 2.59. The third-order valence-corrected chi connectivity index (χ3v) is 5.84. The maximum atomic E-state index is 12.5. The van der Waals surface area contributed by atoms with Crippen LogP contribution in [0.4, 0.5) is 5.69 Å². The molecule has 0 radical (unpaired) electrons. The van der Waals surface area contributed by atoms with Gasteiger partial charge in [-0.05, 0) is 35.9 Å². The standard InChI is InChI=1S/C16H19N3O6S2/c1-11(20)19-15-9-14(7-8-16(15)25-2)27(23,24)18-10-12-3-5-13(6-4-12)26(17,21)22/h3-9,18H,10H2,1-2H3,(H,19,20)(H2,17,21,22). The second-order valence-electron chi connectivity index (χ2n) is 5.56. The number of benzene rings is 2. The second-order valence-corrected chi connectivity index (χ2v) is 8.89. The molecule has 0 unspecified atom stereocenters. The Morgan fingerprint density at radius 2 is 1.63 bits per heavy atom. The van der Waals surface area contributed by atoms with Gasteiger partial charge in [-0.15, -0.1) is 0 Å². The molecule has 0 bridgehead atoms. The number of rotatable bonds is 7. The summed E-state index contributed by atoms with van der Waals surface area (Å²) in [6, 6.07) is 9.56. The first-order chi connectivity index (χ1) is 12.5. The van der Waals surface area contributed by atoms with Crippen LogP contribution in [0.1, 0.15) is 12.5 Å².